The fourth-order valence-electron chi connectivity index (χ4n) is 2.67. The highest BCUT2D eigenvalue weighted by atomic mass is 16.1. The van der Waals surface area contributed by atoms with Crippen molar-refractivity contribution in [2.75, 3.05) is 11.4 Å². The van der Waals surface area contributed by atoms with Gasteiger partial charge in [0.05, 0.1) is 18.4 Å². The van der Waals surface area contributed by atoms with Crippen molar-refractivity contribution < 1.29 is 4.79 Å². The van der Waals surface area contributed by atoms with Crippen LogP contribution in [0.25, 0.3) is 0 Å². The highest BCUT2D eigenvalue weighted by molar-refractivity contribution is 5.79. The lowest BCUT2D eigenvalue weighted by molar-refractivity contribution is -0.116. The van der Waals surface area contributed by atoms with Crippen molar-refractivity contribution in [1.82, 2.24) is 9.78 Å². The first-order valence-electron chi connectivity index (χ1n) is 6.78. The van der Waals surface area contributed by atoms with E-state index >= 15 is 0 Å². The SMILES string of the molecule is CCn1cc(N(CC(N)=O)C2CCCCC2)cn1. The molecule has 0 radical (unpaired) electrons. The van der Waals surface area contributed by atoms with Gasteiger partial charge in [0.2, 0.25) is 5.91 Å². The molecule has 2 rings (SSSR count). The molecule has 1 aromatic heterocycles. The van der Waals surface area contributed by atoms with Gasteiger partial charge in [-0.1, -0.05) is 19.3 Å². The standard InChI is InChI=1S/C13H22N4O/c1-2-16-9-12(8-15-16)17(10-13(14)18)11-6-4-3-5-7-11/h8-9,11H,2-7,10H2,1H3,(H2,14,18). The topological polar surface area (TPSA) is 64.2 Å². The molecule has 100 valence electrons. The smallest absolute Gasteiger partial charge is 0.236 e. The molecule has 0 atom stereocenters. The maximum absolute atomic E-state index is 11.3. The summed E-state index contributed by atoms with van der Waals surface area (Å²) < 4.78 is 1.88. The van der Waals surface area contributed by atoms with E-state index in [1.54, 1.807) is 0 Å². The second-order valence-corrected chi connectivity index (χ2v) is 4.94. The maximum atomic E-state index is 11.3. The van der Waals surface area contributed by atoms with Gasteiger partial charge in [0.1, 0.15) is 0 Å². The molecule has 0 unspecified atom stereocenters. The van der Waals surface area contributed by atoms with Gasteiger partial charge in [-0.25, -0.2) is 0 Å². The third-order valence-electron chi connectivity index (χ3n) is 3.62. The van der Waals surface area contributed by atoms with Crippen LogP contribution >= 0.6 is 0 Å². The number of aromatic nitrogens is 2. The molecule has 18 heavy (non-hydrogen) atoms. The average Bonchev–Trinajstić information content (AvgIpc) is 2.85. The number of hydrogen-bond donors (Lipinski definition) is 1. The first-order chi connectivity index (χ1) is 8.70. The number of hydrogen-bond acceptors (Lipinski definition) is 3. The van der Waals surface area contributed by atoms with Gasteiger partial charge in [-0.2, -0.15) is 5.10 Å². The van der Waals surface area contributed by atoms with Crippen LogP contribution in [0, 0.1) is 0 Å². The summed E-state index contributed by atoms with van der Waals surface area (Å²) >= 11 is 0. The number of anilines is 1. The lowest BCUT2D eigenvalue weighted by atomic mass is 9.94. The molecule has 1 amide bonds. The largest absolute Gasteiger partial charge is 0.368 e. The van der Waals surface area contributed by atoms with Crippen LogP contribution in [0.1, 0.15) is 39.0 Å². The molecule has 1 aliphatic carbocycles. The number of aryl methyl sites for hydroxylation is 1. The van der Waals surface area contributed by atoms with Crippen molar-refractivity contribution in [3.05, 3.63) is 12.4 Å². The summed E-state index contributed by atoms with van der Waals surface area (Å²) in [6, 6.07) is 0.431. The molecule has 5 heteroatoms. The summed E-state index contributed by atoms with van der Waals surface area (Å²) in [5, 5.41) is 4.28. The molecule has 0 aromatic carbocycles. The van der Waals surface area contributed by atoms with E-state index in [4.69, 9.17) is 5.73 Å². The number of nitrogens with two attached hydrogens (primary N) is 1. The van der Waals surface area contributed by atoms with Gasteiger partial charge < -0.3 is 10.6 Å². The van der Waals surface area contributed by atoms with Gasteiger partial charge in [-0.3, -0.25) is 9.48 Å². The molecule has 1 aliphatic rings. The van der Waals surface area contributed by atoms with Gasteiger partial charge in [-0.05, 0) is 19.8 Å². The van der Waals surface area contributed by atoms with Gasteiger partial charge in [0.25, 0.3) is 0 Å². The van der Waals surface area contributed by atoms with Crippen molar-refractivity contribution in [2.24, 2.45) is 5.73 Å². The van der Waals surface area contributed by atoms with E-state index in [1.165, 1.54) is 19.3 Å². The van der Waals surface area contributed by atoms with Crippen molar-refractivity contribution >= 4 is 11.6 Å². The fraction of sp³-hybridized carbons (Fsp3) is 0.692. The molecule has 0 saturated heterocycles. The first kappa shape index (κ1) is 12.9. The molecule has 1 fully saturated rings. The maximum Gasteiger partial charge on any atom is 0.236 e. The lowest BCUT2D eigenvalue weighted by Gasteiger charge is -2.34. The van der Waals surface area contributed by atoms with Crippen molar-refractivity contribution in [3.63, 3.8) is 0 Å². The Morgan fingerprint density at radius 3 is 2.78 bits per heavy atom. The molecule has 2 N–H and O–H groups in total. The Hall–Kier alpha value is -1.52. The fourth-order valence-corrected chi connectivity index (χ4v) is 2.67. The zero-order valence-corrected chi connectivity index (χ0v) is 11.0. The van der Waals surface area contributed by atoms with Gasteiger partial charge in [0.15, 0.2) is 0 Å². The third-order valence-corrected chi connectivity index (χ3v) is 3.62. The average molecular weight is 250 g/mol. The van der Waals surface area contributed by atoms with E-state index in [0.29, 0.717) is 12.6 Å². The first-order valence-corrected chi connectivity index (χ1v) is 6.78. The summed E-state index contributed by atoms with van der Waals surface area (Å²) in [6.07, 6.45) is 9.90. The Kier molecular flexibility index (Phi) is 4.23. The predicted molar refractivity (Wildman–Crippen MR) is 71.3 cm³/mol. The Labute approximate surface area is 108 Å². The van der Waals surface area contributed by atoms with Gasteiger partial charge in [0, 0.05) is 18.8 Å². The monoisotopic (exact) mass is 250 g/mol. The molecule has 0 bridgehead atoms. The van der Waals surface area contributed by atoms with E-state index in [9.17, 15) is 4.79 Å². The Bertz CT molecular complexity index is 395. The minimum atomic E-state index is -0.273. The van der Waals surface area contributed by atoms with Crippen molar-refractivity contribution in [2.45, 2.75) is 51.6 Å². The lowest BCUT2D eigenvalue weighted by Crippen LogP contribution is -2.42. The molecular weight excluding hydrogens is 228 g/mol. The Balaban J connectivity index is 2.15. The number of primary amides is 1. The Morgan fingerprint density at radius 1 is 1.50 bits per heavy atom. The van der Waals surface area contributed by atoms with Crippen LogP contribution in [-0.4, -0.2) is 28.3 Å². The minimum absolute atomic E-state index is 0.273. The molecule has 0 spiro atoms. The molecule has 0 aliphatic heterocycles. The quantitative estimate of drug-likeness (QED) is 0.862. The number of amides is 1. The minimum Gasteiger partial charge on any atom is -0.368 e. The van der Waals surface area contributed by atoms with E-state index in [1.807, 2.05) is 17.1 Å². The van der Waals surface area contributed by atoms with Crippen LogP contribution in [0.5, 0.6) is 0 Å². The highest BCUT2D eigenvalue weighted by Gasteiger charge is 2.23. The van der Waals surface area contributed by atoms with Crippen LogP contribution in [0.4, 0.5) is 5.69 Å². The van der Waals surface area contributed by atoms with Crippen LogP contribution in [0.3, 0.4) is 0 Å². The van der Waals surface area contributed by atoms with Gasteiger partial charge in [-0.15, -0.1) is 0 Å². The molecule has 1 aromatic rings. The normalized spacial score (nSPS) is 16.7. The van der Waals surface area contributed by atoms with E-state index in [2.05, 4.69) is 16.9 Å². The molecule has 5 nitrogen and oxygen atoms in total. The highest BCUT2D eigenvalue weighted by Crippen LogP contribution is 2.26. The van der Waals surface area contributed by atoms with Crippen LogP contribution in [0.2, 0.25) is 0 Å². The summed E-state index contributed by atoms with van der Waals surface area (Å²) in [6.45, 7) is 3.19. The zero-order chi connectivity index (χ0) is 13.0. The van der Waals surface area contributed by atoms with E-state index in [-0.39, 0.29) is 5.91 Å². The number of carbonyl (C=O) groups excluding carboxylic acids is 1. The zero-order valence-electron chi connectivity index (χ0n) is 11.0. The summed E-state index contributed by atoms with van der Waals surface area (Å²) in [5.74, 6) is -0.273. The summed E-state index contributed by atoms with van der Waals surface area (Å²) in [5.41, 5.74) is 6.39. The molecular formula is C13H22N4O. The number of nitrogens with zero attached hydrogens (tertiary/aromatic N) is 3. The van der Waals surface area contributed by atoms with Crippen LogP contribution in [0.15, 0.2) is 12.4 Å². The number of rotatable bonds is 5. The second-order valence-electron chi connectivity index (χ2n) is 4.94. The van der Waals surface area contributed by atoms with Crippen molar-refractivity contribution in [3.8, 4) is 0 Å². The summed E-state index contributed by atoms with van der Waals surface area (Å²) in [7, 11) is 0. The Morgan fingerprint density at radius 2 is 2.22 bits per heavy atom. The predicted octanol–water partition coefficient (Wildman–Crippen LogP) is 1.53. The number of carbonyl (C=O) groups is 1. The summed E-state index contributed by atoms with van der Waals surface area (Å²) in [4.78, 5) is 13.4. The van der Waals surface area contributed by atoms with Crippen LogP contribution in [-0.2, 0) is 11.3 Å². The van der Waals surface area contributed by atoms with E-state index in [0.717, 1.165) is 25.1 Å². The molecule has 1 heterocycles. The second kappa shape index (κ2) is 5.89. The third kappa shape index (κ3) is 3.03. The van der Waals surface area contributed by atoms with E-state index < -0.39 is 0 Å². The molecule has 1 saturated carbocycles. The van der Waals surface area contributed by atoms with Gasteiger partial charge >= 0.3 is 0 Å². The van der Waals surface area contributed by atoms with Crippen LogP contribution < -0.4 is 10.6 Å². The van der Waals surface area contributed by atoms with Crippen molar-refractivity contribution in [1.29, 1.82) is 0 Å².